The van der Waals surface area contributed by atoms with Gasteiger partial charge < -0.3 is 4.90 Å². The van der Waals surface area contributed by atoms with Gasteiger partial charge in [0.25, 0.3) is 0 Å². The quantitative estimate of drug-likeness (QED) is 0.780. The van der Waals surface area contributed by atoms with Gasteiger partial charge in [0.15, 0.2) is 0 Å². The van der Waals surface area contributed by atoms with Gasteiger partial charge >= 0.3 is 0 Å². The normalized spacial score (nSPS) is 16.6. The molecule has 2 heteroatoms. The Morgan fingerprint density at radius 3 is 2.25 bits per heavy atom. The Labute approximate surface area is 147 Å². The smallest absolute Gasteiger partial charge is 0.0233 e. The maximum atomic E-state index is 2.61. The lowest BCUT2D eigenvalue weighted by Crippen LogP contribution is -2.37. The zero-order valence-electron chi connectivity index (χ0n) is 15.1. The van der Waals surface area contributed by atoms with Gasteiger partial charge in [-0.15, -0.1) is 0 Å². The second-order valence-corrected chi connectivity index (χ2v) is 7.39. The van der Waals surface area contributed by atoms with E-state index < -0.39 is 0 Å². The highest BCUT2D eigenvalue weighted by Gasteiger charge is 2.20. The third kappa shape index (κ3) is 5.19. The van der Waals surface area contributed by atoms with E-state index in [0.29, 0.717) is 0 Å². The van der Waals surface area contributed by atoms with E-state index in [9.17, 15) is 0 Å². The van der Waals surface area contributed by atoms with Crippen LogP contribution in [0.1, 0.15) is 29.5 Å². The van der Waals surface area contributed by atoms with E-state index in [4.69, 9.17) is 0 Å². The molecule has 0 aromatic heterocycles. The number of rotatable bonds is 6. The first kappa shape index (κ1) is 17.2. The van der Waals surface area contributed by atoms with E-state index in [1.807, 2.05) is 0 Å². The van der Waals surface area contributed by atoms with Crippen LogP contribution in [-0.2, 0) is 13.1 Å². The highest BCUT2D eigenvalue weighted by atomic mass is 15.1. The largest absolute Gasteiger partial charge is 0.302 e. The lowest BCUT2D eigenvalue weighted by molar-refractivity contribution is 0.147. The highest BCUT2D eigenvalue weighted by Crippen LogP contribution is 2.20. The minimum absolute atomic E-state index is 0.841. The first-order valence-electron chi connectivity index (χ1n) is 9.19. The van der Waals surface area contributed by atoms with Crippen LogP contribution in [0, 0.1) is 12.8 Å². The van der Waals surface area contributed by atoms with Crippen LogP contribution >= 0.6 is 0 Å². The van der Waals surface area contributed by atoms with Crippen molar-refractivity contribution in [3.05, 3.63) is 71.3 Å². The van der Waals surface area contributed by atoms with Crippen molar-refractivity contribution in [1.82, 2.24) is 9.80 Å². The van der Waals surface area contributed by atoms with Crippen LogP contribution in [-0.4, -0.2) is 36.5 Å². The number of aryl methyl sites for hydroxylation is 1. The van der Waals surface area contributed by atoms with Crippen LogP contribution in [0.3, 0.4) is 0 Å². The van der Waals surface area contributed by atoms with E-state index in [2.05, 4.69) is 78.4 Å². The molecule has 0 saturated carbocycles. The Morgan fingerprint density at radius 1 is 0.917 bits per heavy atom. The van der Waals surface area contributed by atoms with Crippen molar-refractivity contribution in [2.75, 3.05) is 26.7 Å². The fourth-order valence-corrected chi connectivity index (χ4v) is 3.68. The summed E-state index contributed by atoms with van der Waals surface area (Å²) in [5.74, 6) is 0.841. The van der Waals surface area contributed by atoms with Gasteiger partial charge in [-0.25, -0.2) is 0 Å². The molecule has 1 aliphatic heterocycles. The van der Waals surface area contributed by atoms with Gasteiger partial charge in [-0.3, -0.25) is 4.90 Å². The average Bonchev–Trinajstić information content (AvgIpc) is 2.59. The number of piperidine rings is 1. The SMILES string of the molecule is Cc1ccc(CN2CCC(CN(C)Cc3ccccc3)CC2)cc1. The van der Waals surface area contributed by atoms with Crippen LogP contribution in [0.25, 0.3) is 0 Å². The molecule has 2 aromatic rings. The highest BCUT2D eigenvalue weighted by molar-refractivity contribution is 5.21. The molecule has 0 amide bonds. The monoisotopic (exact) mass is 322 g/mol. The Hall–Kier alpha value is -1.64. The maximum Gasteiger partial charge on any atom is 0.0233 e. The van der Waals surface area contributed by atoms with Gasteiger partial charge in [0.1, 0.15) is 0 Å². The summed E-state index contributed by atoms with van der Waals surface area (Å²) in [4.78, 5) is 5.09. The van der Waals surface area contributed by atoms with E-state index in [1.165, 1.54) is 49.2 Å². The standard InChI is InChI=1S/C22H30N2/c1-19-8-10-21(11-9-19)18-24-14-12-22(13-15-24)17-23(2)16-20-6-4-3-5-7-20/h3-11,22H,12-18H2,1-2H3. The van der Waals surface area contributed by atoms with E-state index in [-0.39, 0.29) is 0 Å². The minimum Gasteiger partial charge on any atom is -0.302 e. The molecule has 2 aromatic carbocycles. The second kappa shape index (κ2) is 8.46. The fraction of sp³-hybridized carbons (Fsp3) is 0.455. The summed E-state index contributed by atoms with van der Waals surface area (Å²) >= 11 is 0. The molecule has 0 atom stereocenters. The molecule has 0 unspecified atom stereocenters. The van der Waals surface area contributed by atoms with Crippen molar-refractivity contribution < 1.29 is 0 Å². The summed E-state index contributed by atoms with van der Waals surface area (Å²) in [6, 6.07) is 19.8. The Kier molecular flexibility index (Phi) is 6.06. The predicted molar refractivity (Wildman–Crippen MR) is 102 cm³/mol. The third-order valence-electron chi connectivity index (χ3n) is 5.10. The van der Waals surface area contributed by atoms with Crippen LogP contribution in [0.15, 0.2) is 54.6 Å². The average molecular weight is 322 g/mol. The van der Waals surface area contributed by atoms with Crippen LogP contribution in [0.5, 0.6) is 0 Å². The van der Waals surface area contributed by atoms with Gasteiger partial charge in [0, 0.05) is 19.6 Å². The Morgan fingerprint density at radius 2 is 1.58 bits per heavy atom. The second-order valence-electron chi connectivity index (χ2n) is 7.39. The molecule has 0 radical (unpaired) electrons. The van der Waals surface area contributed by atoms with Gasteiger partial charge in [0.05, 0.1) is 0 Å². The third-order valence-corrected chi connectivity index (χ3v) is 5.10. The van der Waals surface area contributed by atoms with E-state index in [0.717, 1.165) is 19.0 Å². The van der Waals surface area contributed by atoms with Crippen molar-refractivity contribution in [2.24, 2.45) is 5.92 Å². The summed E-state index contributed by atoms with van der Waals surface area (Å²) in [7, 11) is 2.26. The number of hydrogen-bond acceptors (Lipinski definition) is 2. The number of hydrogen-bond donors (Lipinski definition) is 0. The van der Waals surface area contributed by atoms with Crippen molar-refractivity contribution in [2.45, 2.75) is 32.9 Å². The predicted octanol–water partition coefficient (Wildman–Crippen LogP) is 4.34. The van der Waals surface area contributed by atoms with Crippen LogP contribution in [0.4, 0.5) is 0 Å². The van der Waals surface area contributed by atoms with Crippen LogP contribution in [0.2, 0.25) is 0 Å². The van der Waals surface area contributed by atoms with Crippen molar-refractivity contribution in [3.8, 4) is 0 Å². The summed E-state index contributed by atoms with van der Waals surface area (Å²) in [5.41, 5.74) is 4.20. The van der Waals surface area contributed by atoms with Gasteiger partial charge in [-0.05, 0) is 56.9 Å². The van der Waals surface area contributed by atoms with Crippen LogP contribution < -0.4 is 0 Å². The van der Waals surface area contributed by atoms with E-state index in [1.54, 1.807) is 0 Å². The molecule has 1 fully saturated rings. The number of nitrogens with zero attached hydrogens (tertiary/aromatic N) is 2. The first-order valence-corrected chi connectivity index (χ1v) is 9.19. The summed E-state index contributed by atoms with van der Waals surface area (Å²) in [6.07, 6.45) is 2.65. The molecular weight excluding hydrogens is 292 g/mol. The van der Waals surface area contributed by atoms with Crippen molar-refractivity contribution >= 4 is 0 Å². The molecule has 0 spiro atoms. The lowest BCUT2D eigenvalue weighted by atomic mass is 9.95. The molecule has 1 aliphatic rings. The van der Waals surface area contributed by atoms with Gasteiger partial charge in [-0.1, -0.05) is 60.2 Å². The summed E-state index contributed by atoms with van der Waals surface area (Å²) in [5, 5.41) is 0. The van der Waals surface area contributed by atoms with Crippen molar-refractivity contribution in [3.63, 3.8) is 0 Å². The molecule has 0 bridgehead atoms. The topological polar surface area (TPSA) is 6.48 Å². The molecule has 128 valence electrons. The Bertz CT molecular complexity index is 598. The molecule has 24 heavy (non-hydrogen) atoms. The number of benzene rings is 2. The lowest BCUT2D eigenvalue weighted by Gasteiger charge is -2.34. The molecule has 2 nitrogen and oxygen atoms in total. The molecule has 1 saturated heterocycles. The maximum absolute atomic E-state index is 2.61. The fourth-order valence-electron chi connectivity index (χ4n) is 3.68. The van der Waals surface area contributed by atoms with Crippen molar-refractivity contribution in [1.29, 1.82) is 0 Å². The molecular formula is C22H30N2. The molecule has 1 heterocycles. The summed E-state index contributed by atoms with van der Waals surface area (Å²) in [6.45, 7) is 8.00. The first-order chi connectivity index (χ1) is 11.7. The minimum atomic E-state index is 0.841. The Balaban J connectivity index is 1.41. The zero-order valence-corrected chi connectivity index (χ0v) is 15.1. The zero-order chi connectivity index (χ0) is 16.8. The molecule has 0 N–H and O–H groups in total. The summed E-state index contributed by atoms with van der Waals surface area (Å²) < 4.78 is 0. The van der Waals surface area contributed by atoms with Gasteiger partial charge in [-0.2, -0.15) is 0 Å². The molecule has 0 aliphatic carbocycles. The van der Waals surface area contributed by atoms with Gasteiger partial charge in [0.2, 0.25) is 0 Å². The van der Waals surface area contributed by atoms with E-state index >= 15 is 0 Å². The molecule has 3 rings (SSSR count). The number of likely N-dealkylation sites (tertiary alicyclic amines) is 1.